The zero-order chi connectivity index (χ0) is 23.9. The number of urea groups is 1. The van der Waals surface area contributed by atoms with Gasteiger partial charge < -0.3 is 4.57 Å². The summed E-state index contributed by atoms with van der Waals surface area (Å²) in [6.45, 7) is 5.44. The van der Waals surface area contributed by atoms with Crippen molar-refractivity contribution in [3.63, 3.8) is 0 Å². The van der Waals surface area contributed by atoms with Gasteiger partial charge in [0.15, 0.2) is 0 Å². The van der Waals surface area contributed by atoms with Crippen LogP contribution in [0.25, 0.3) is 11.8 Å². The number of benzene rings is 2. The minimum absolute atomic E-state index is 0.0195. The zero-order valence-corrected chi connectivity index (χ0v) is 18.2. The van der Waals surface area contributed by atoms with Crippen LogP contribution in [0.2, 0.25) is 0 Å². The van der Waals surface area contributed by atoms with E-state index in [1.807, 2.05) is 18.4 Å². The van der Waals surface area contributed by atoms with E-state index in [0.29, 0.717) is 22.5 Å². The molecular weight excluding hydrogens is 424 g/mol. The third kappa shape index (κ3) is 3.80. The minimum atomic E-state index is -0.798. The Bertz CT molecular complexity index is 1350. The number of aryl methyl sites for hydroxylation is 2. The van der Waals surface area contributed by atoms with Gasteiger partial charge in [-0.3, -0.25) is 25.0 Å². The number of hydrogen-bond donors (Lipinski definition) is 1. The highest BCUT2D eigenvalue weighted by Gasteiger charge is 2.37. The number of rotatable bonds is 4. The van der Waals surface area contributed by atoms with Crippen LogP contribution in [0.5, 0.6) is 0 Å². The average Bonchev–Trinajstić information content (AvgIpc) is 3.05. The van der Waals surface area contributed by atoms with Crippen LogP contribution >= 0.6 is 0 Å². The molecule has 4 rings (SSSR count). The van der Waals surface area contributed by atoms with E-state index in [1.165, 1.54) is 18.2 Å². The number of nitrogens with zero attached hydrogens (tertiary/aromatic N) is 3. The smallest absolute Gasteiger partial charge is 0.318 e. The Morgan fingerprint density at radius 1 is 0.970 bits per heavy atom. The fourth-order valence-electron chi connectivity index (χ4n) is 3.90. The maximum absolute atomic E-state index is 13.2. The van der Waals surface area contributed by atoms with Crippen LogP contribution in [0, 0.1) is 30.9 Å². The number of nitro benzene ring substituents is 1. The van der Waals surface area contributed by atoms with Gasteiger partial charge in [0.05, 0.1) is 10.6 Å². The fourth-order valence-corrected chi connectivity index (χ4v) is 3.90. The second-order valence-corrected chi connectivity index (χ2v) is 7.68. The summed E-state index contributed by atoms with van der Waals surface area (Å²) in [6.07, 6.45) is 1.46. The van der Waals surface area contributed by atoms with Crippen molar-refractivity contribution in [2.45, 2.75) is 20.8 Å². The Morgan fingerprint density at radius 2 is 1.64 bits per heavy atom. The molecule has 0 atom stereocenters. The lowest BCUT2D eigenvalue weighted by atomic mass is 10.1. The maximum atomic E-state index is 13.2. The Morgan fingerprint density at radius 3 is 2.27 bits per heavy atom. The third-order valence-corrected chi connectivity index (χ3v) is 5.55. The third-order valence-electron chi connectivity index (χ3n) is 5.55. The molecule has 33 heavy (non-hydrogen) atoms. The van der Waals surface area contributed by atoms with E-state index in [0.717, 1.165) is 16.3 Å². The van der Waals surface area contributed by atoms with Crippen LogP contribution in [-0.2, 0) is 9.59 Å². The first-order valence-corrected chi connectivity index (χ1v) is 10.1. The van der Waals surface area contributed by atoms with Crippen LogP contribution < -0.4 is 10.2 Å². The monoisotopic (exact) mass is 444 g/mol. The van der Waals surface area contributed by atoms with Crippen molar-refractivity contribution < 1.29 is 19.3 Å². The van der Waals surface area contributed by atoms with Crippen molar-refractivity contribution in [3.8, 4) is 5.69 Å². The Hall–Kier alpha value is -4.53. The first-order chi connectivity index (χ1) is 15.7. The number of carbonyl (C=O) groups excluding carboxylic acids is 3. The molecular formula is C24H20N4O5. The second-order valence-electron chi connectivity index (χ2n) is 7.68. The lowest BCUT2D eigenvalue weighted by molar-refractivity contribution is -0.384. The minimum Gasteiger partial charge on any atom is -0.318 e. The highest BCUT2D eigenvalue weighted by atomic mass is 16.6. The van der Waals surface area contributed by atoms with E-state index in [1.54, 1.807) is 49.4 Å². The molecule has 166 valence electrons. The summed E-state index contributed by atoms with van der Waals surface area (Å²) in [4.78, 5) is 49.6. The van der Waals surface area contributed by atoms with Gasteiger partial charge in [-0.15, -0.1) is 0 Å². The van der Waals surface area contributed by atoms with Crippen molar-refractivity contribution in [2.75, 3.05) is 4.90 Å². The molecule has 0 saturated carbocycles. The topological polar surface area (TPSA) is 115 Å². The van der Waals surface area contributed by atoms with Crippen molar-refractivity contribution in [1.29, 1.82) is 0 Å². The molecule has 2 aromatic carbocycles. The number of imide groups is 2. The van der Waals surface area contributed by atoms with Crippen LogP contribution in [0.4, 0.5) is 16.2 Å². The van der Waals surface area contributed by atoms with Gasteiger partial charge in [0, 0.05) is 29.2 Å². The number of nitro groups is 1. The molecule has 1 aromatic heterocycles. The van der Waals surface area contributed by atoms with E-state index >= 15 is 0 Å². The van der Waals surface area contributed by atoms with E-state index in [2.05, 4.69) is 5.32 Å². The number of amides is 4. The summed E-state index contributed by atoms with van der Waals surface area (Å²) in [5, 5.41) is 13.2. The molecule has 2 heterocycles. The number of carbonyl (C=O) groups is 3. The summed E-state index contributed by atoms with van der Waals surface area (Å²) >= 11 is 0. The van der Waals surface area contributed by atoms with Gasteiger partial charge in [0.2, 0.25) is 0 Å². The van der Waals surface area contributed by atoms with Crippen LogP contribution in [0.15, 0.2) is 60.2 Å². The van der Waals surface area contributed by atoms with Crippen LogP contribution in [0.1, 0.15) is 22.5 Å². The Kier molecular flexibility index (Phi) is 5.39. The van der Waals surface area contributed by atoms with E-state index in [-0.39, 0.29) is 11.3 Å². The molecule has 1 aliphatic heterocycles. The van der Waals surface area contributed by atoms with E-state index in [9.17, 15) is 24.5 Å². The highest BCUT2D eigenvalue weighted by molar-refractivity contribution is 6.39. The SMILES string of the molecule is Cc1ccccc1N1C(=O)NC(=O)/C(=C/c2cc(C)n(-c3ccc([N+](=O)[O-])cc3)c2C)C1=O. The average molecular weight is 444 g/mol. The van der Waals surface area contributed by atoms with Crippen molar-refractivity contribution in [2.24, 2.45) is 0 Å². The van der Waals surface area contributed by atoms with Crippen LogP contribution in [0.3, 0.4) is 0 Å². The molecule has 1 aliphatic rings. The van der Waals surface area contributed by atoms with Gasteiger partial charge in [-0.1, -0.05) is 18.2 Å². The molecule has 9 heteroatoms. The zero-order valence-electron chi connectivity index (χ0n) is 18.2. The number of nitrogens with one attached hydrogen (secondary N) is 1. The lowest BCUT2D eigenvalue weighted by Crippen LogP contribution is -2.54. The maximum Gasteiger partial charge on any atom is 0.335 e. The summed E-state index contributed by atoms with van der Waals surface area (Å²) in [5.74, 6) is -1.48. The first-order valence-electron chi connectivity index (χ1n) is 10.1. The number of para-hydroxylation sites is 1. The number of aromatic nitrogens is 1. The quantitative estimate of drug-likeness (QED) is 0.283. The molecule has 9 nitrogen and oxygen atoms in total. The van der Waals surface area contributed by atoms with Crippen molar-refractivity contribution in [1.82, 2.24) is 9.88 Å². The van der Waals surface area contributed by atoms with Crippen molar-refractivity contribution in [3.05, 3.63) is 92.8 Å². The standard InChI is InChI=1S/C24H20N4O5/c1-14-6-4-5-7-21(14)27-23(30)20(22(29)25-24(27)31)13-17-12-15(2)26(16(17)3)18-8-10-19(11-9-18)28(32)33/h4-13H,1-3H3,(H,25,29,31)/b20-13-. The molecule has 0 unspecified atom stereocenters. The van der Waals surface area contributed by atoms with E-state index < -0.39 is 22.8 Å². The summed E-state index contributed by atoms with van der Waals surface area (Å²) in [5.41, 5.74) is 3.79. The Balaban J connectivity index is 1.75. The predicted octanol–water partition coefficient (Wildman–Crippen LogP) is 3.98. The Labute approximate surface area is 189 Å². The molecule has 4 amide bonds. The molecule has 0 bridgehead atoms. The number of barbiturate groups is 1. The van der Waals surface area contributed by atoms with Gasteiger partial charge in [0.25, 0.3) is 17.5 Å². The van der Waals surface area contributed by atoms with E-state index in [4.69, 9.17) is 0 Å². The highest BCUT2D eigenvalue weighted by Crippen LogP contribution is 2.28. The summed E-state index contributed by atoms with van der Waals surface area (Å²) in [6, 6.07) is 14.0. The number of non-ortho nitro benzene ring substituents is 1. The molecule has 1 fully saturated rings. The first kappa shape index (κ1) is 21.7. The van der Waals surface area contributed by atoms with Gasteiger partial charge >= 0.3 is 6.03 Å². The normalized spacial score (nSPS) is 15.2. The molecule has 1 N–H and O–H groups in total. The summed E-state index contributed by atoms with van der Waals surface area (Å²) in [7, 11) is 0. The molecule has 1 saturated heterocycles. The number of hydrogen-bond acceptors (Lipinski definition) is 5. The van der Waals surface area contributed by atoms with Gasteiger partial charge in [-0.2, -0.15) is 0 Å². The molecule has 0 radical (unpaired) electrons. The van der Waals surface area contributed by atoms with Gasteiger partial charge in [0.1, 0.15) is 5.57 Å². The van der Waals surface area contributed by atoms with Crippen molar-refractivity contribution >= 4 is 35.3 Å². The predicted molar refractivity (Wildman–Crippen MR) is 122 cm³/mol. The lowest BCUT2D eigenvalue weighted by Gasteiger charge is -2.27. The number of anilines is 1. The fraction of sp³-hybridized carbons (Fsp3) is 0.125. The van der Waals surface area contributed by atoms with Gasteiger partial charge in [-0.25, -0.2) is 9.69 Å². The largest absolute Gasteiger partial charge is 0.335 e. The van der Waals surface area contributed by atoms with Crippen LogP contribution in [-0.4, -0.2) is 27.3 Å². The molecule has 0 aliphatic carbocycles. The van der Waals surface area contributed by atoms with Gasteiger partial charge in [-0.05, 0) is 62.2 Å². The summed E-state index contributed by atoms with van der Waals surface area (Å²) < 4.78 is 1.87. The second kappa shape index (κ2) is 8.19. The molecule has 0 spiro atoms. The molecule has 3 aromatic rings.